The van der Waals surface area contributed by atoms with Gasteiger partial charge in [-0.05, 0) is 86.9 Å². The second kappa shape index (κ2) is 10.2. The monoisotopic (exact) mass is 488 g/mol. The third kappa shape index (κ3) is 4.69. The Kier molecular flexibility index (Phi) is 7.10. The summed E-state index contributed by atoms with van der Waals surface area (Å²) >= 11 is 0. The normalized spacial score (nSPS) is 14.7. The Balaban J connectivity index is 1.68. The Hall–Kier alpha value is -4.13. The van der Waals surface area contributed by atoms with Gasteiger partial charge in [-0.25, -0.2) is 9.18 Å². The zero-order chi connectivity index (χ0) is 26.0. The molecule has 0 saturated heterocycles. The van der Waals surface area contributed by atoms with Crippen molar-refractivity contribution in [2.45, 2.75) is 27.2 Å². The number of rotatable bonds is 7. The molecule has 0 fully saturated rings. The van der Waals surface area contributed by atoms with Crippen molar-refractivity contribution in [2.75, 3.05) is 20.8 Å². The van der Waals surface area contributed by atoms with E-state index in [2.05, 4.69) is 0 Å². The molecule has 1 amide bonds. The number of nitrogens with zero attached hydrogens (tertiary/aromatic N) is 2. The van der Waals surface area contributed by atoms with E-state index in [0.717, 1.165) is 34.0 Å². The van der Waals surface area contributed by atoms with Gasteiger partial charge in [-0.3, -0.25) is 4.79 Å². The number of carbonyl (C=O) groups is 2. The number of esters is 1. The van der Waals surface area contributed by atoms with Crippen molar-refractivity contribution in [3.63, 3.8) is 0 Å². The summed E-state index contributed by atoms with van der Waals surface area (Å²) in [5.41, 5.74) is 5.60. The highest BCUT2D eigenvalue weighted by Crippen LogP contribution is 2.33. The number of aromatic nitrogens is 1. The van der Waals surface area contributed by atoms with Crippen LogP contribution in [0.25, 0.3) is 11.8 Å². The van der Waals surface area contributed by atoms with Crippen LogP contribution in [0.5, 0.6) is 5.75 Å². The third-order valence-electron chi connectivity index (χ3n) is 6.54. The summed E-state index contributed by atoms with van der Waals surface area (Å²) in [7, 11) is 2.93. The molecule has 7 heteroatoms. The van der Waals surface area contributed by atoms with Crippen LogP contribution in [0.4, 0.5) is 4.39 Å². The molecule has 0 bridgehead atoms. The maximum Gasteiger partial charge on any atom is 0.340 e. The van der Waals surface area contributed by atoms with Crippen molar-refractivity contribution in [1.82, 2.24) is 9.47 Å². The van der Waals surface area contributed by atoms with Gasteiger partial charge in [0.25, 0.3) is 5.91 Å². The van der Waals surface area contributed by atoms with E-state index in [0.29, 0.717) is 24.2 Å². The Morgan fingerprint density at radius 3 is 2.28 bits per heavy atom. The number of halogens is 1. The van der Waals surface area contributed by atoms with Gasteiger partial charge in [0.2, 0.25) is 0 Å². The molecule has 2 aromatic carbocycles. The molecule has 1 aliphatic heterocycles. The standard InChI is InChI=1S/C29H29FN2O4/c1-18-16-22(19(2)32(18)24-10-8-23(30)9-11-24)17-26-27(29(34)36-5)20(3)31(28(26)33)15-14-21-6-12-25(35-4)13-7-21/h6-13,16-17H,14-15H2,1-5H3. The van der Waals surface area contributed by atoms with Gasteiger partial charge in [-0.2, -0.15) is 0 Å². The summed E-state index contributed by atoms with van der Waals surface area (Å²) in [4.78, 5) is 27.9. The lowest BCUT2D eigenvalue weighted by molar-refractivity contribution is -0.136. The van der Waals surface area contributed by atoms with Crippen LogP contribution in [0.15, 0.2) is 71.4 Å². The van der Waals surface area contributed by atoms with Gasteiger partial charge >= 0.3 is 5.97 Å². The number of benzene rings is 2. The van der Waals surface area contributed by atoms with Crippen LogP contribution >= 0.6 is 0 Å². The zero-order valence-electron chi connectivity index (χ0n) is 21.1. The van der Waals surface area contributed by atoms with Crippen molar-refractivity contribution in [3.05, 3.63) is 99.8 Å². The van der Waals surface area contributed by atoms with E-state index in [-0.39, 0.29) is 17.3 Å². The highest BCUT2D eigenvalue weighted by Gasteiger charge is 2.37. The summed E-state index contributed by atoms with van der Waals surface area (Å²) in [6.07, 6.45) is 2.36. The molecule has 1 aromatic heterocycles. The average Bonchev–Trinajstić information content (AvgIpc) is 3.29. The highest BCUT2D eigenvalue weighted by molar-refractivity contribution is 6.16. The Morgan fingerprint density at radius 1 is 1.00 bits per heavy atom. The third-order valence-corrected chi connectivity index (χ3v) is 6.54. The predicted molar refractivity (Wildman–Crippen MR) is 136 cm³/mol. The minimum Gasteiger partial charge on any atom is -0.497 e. The molecule has 0 saturated carbocycles. The van der Waals surface area contributed by atoms with Gasteiger partial charge in [0, 0.05) is 29.3 Å². The van der Waals surface area contributed by atoms with Crippen molar-refractivity contribution in [2.24, 2.45) is 0 Å². The minimum atomic E-state index is -0.550. The lowest BCUT2D eigenvalue weighted by Gasteiger charge is -2.18. The first-order chi connectivity index (χ1) is 17.2. The van der Waals surface area contributed by atoms with Crippen molar-refractivity contribution in [1.29, 1.82) is 0 Å². The second-order valence-corrected chi connectivity index (χ2v) is 8.70. The van der Waals surface area contributed by atoms with Crippen LogP contribution in [-0.2, 0) is 20.7 Å². The molecule has 4 rings (SSSR count). The van der Waals surface area contributed by atoms with Crippen molar-refractivity contribution < 1.29 is 23.5 Å². The molecule has 6 nitrogen and oxygen atoms in total. The first-order valence-electron chi connectivity index (χ1n) is 11.7. The minimum absolute atomic E-state index is 0.243. The van der Waals surface area contributed by atoms with Gasteiger partial charge in [-0.15, -0.1) is 0 Å². The van der Waals surface area contributed by atoms with Crippen molar-refractivity contribution >= 4 is 18.0 Å². The number of hydrogen-bond donors (Lipinski definition) is 0. The SMILES string of the molecule is COC(=O)C1=C(C)N(CCc2ccc(OC)cc2)C(=O)C1=Cc1cc(C)n(-c2ccc(F)cc2)c1C. The quantitative estimate of drug-likeness (QED) is 0.341. The molecule has 0 unspecified atom stereocenters. The Morgan fingerprint density at radius 2 is 1.67 bits per heavy atom. The number of amides is 1. The predicted octanol–water partition coefficient (Wildman–Crippen LogP) is 5.16. The number of hydrogen-bond acceptors (Lipinski definition) is 4. The van der Waals surface area contributed by atoms with E-state index in [1.807, 2.05) is 48.7 Å². The molecular weight excluding hydrogens is 459 g/mol. The molecule has 2 heterocycles. The molecule has 0 atom stereocenters. The molecule has 0 radical (unpaired) electrons. The first-order valence-corrected chi connectivity index (χ1v) is 11.7. The van der Waals surface area contributed by atoms with Gasteiger partial charge in [0.05, 0.1) is 25.4 Å². The van der Waals surface area contributed by atoms with Gasteiger partial charge < -0.3 is 18.9 Å². The summed E-state index contributed by atoms with van der Waals surface area (Å²) in [6.45, 7) is 6.06. The fraction of sp³-hybridized carbons (Fsp3) is 0.241. The van der Waals surface area contributed by atoms with Gasteiger partial charge in [0.15, 0.2) is 0 Å². The van der Waals surface area contributed by atoms with Crippen LogP contribution in [0.1, 0.15) is 29.4 Å². The van der Waals surface area contributed by atoms with Gasteiger partial charge in [-0.1, -0.05) is 12.1 Å². The van der Waals surface area contributed by atoms with E-state index in [4.69, 9.17) is 9.47 Å². The molecule has 0 aliphatic carbocycles. The number of methoxy groups -OCH3 is 2. The molecule has 1 aliphatic rings. The van der Waals surface area contributed by atoms with E-state index in [1.54, 1.807) is 37.1 Å². The van der Waals surface area contributed by atoms with E-state index in [1.165, 1.54) is 19.2 Å². The molecule has 36 heavy (non-hydrogen) atoms. The van der Waals surface area contributed by atoms with E-state index < -0.39 is 5.97 Å². The average molecular weight is 489 g/mol. The summed E-state index contributed by atoms with van der Waals surface area (Å²) in [5.74, 6) is -0.332. The summed E-state index contributed by atoms with van der Waals surface area (Å²) < 4.78 is 25.7. The fourth-order valence-electron chi connectivity index (χ4n) is 4.61. The molecular formula is C29H29FN2O4. The molecule has 0 N–H and O–H groups in total. The van der Waals surface area contributed by atoms with Crippen LogP contribution in [0.2, 0.25) is 0 Å². The summed E-state index contributed by atoms with van der Waals surface area (Å²) in [5, 5.41) is 0. The topological polar surface area (TPSA) is 60.8 Å². The Labute approximate surface area is 210 Å². The number of carbonyl (C=O) groups excluding carboxylic acids is 2. The van der Waals surface area contributed by atoms with E-state index >= 15 is 0 Å². The lowest BCUT2D eigenvalue weighted by Crippen LogP contribution is -2.27. The van der Waals surface area contributed by atoms with E-state index in [9.17, 15) is 14.0 Å². The second-order valence-electron chi connectivity index (χ2n) is 8.70. The smallest absolute Gasteiger partial charge is 0.340 e. The van der Waals surface area contributed by atoms with Crippen LogP contribution in [0, 0.1) is 19.7 Å². The number of aryl methyl sites for hydroxylation is 1. The molecule has 0 spiro atoms. The van der Waals surface area contributed by atoms with Crippen LogP contribution in [0.3, 0.4) is 0 Å². The highest BCUT2D eigenvalue weighted by atomic mass is 19.1. The molecule has 3 aromatic rings. The van der Waals surface area contributed by atoms with Crippen molar-refractivity contribution in [3.8, 4) is 11.4 Å². The summed E-state index contributed by atoms with van der Waals surface area (Å²) in [6, 6.07) is 15.9. The zero-order valence-corrected chi connectivity index (χ0v) is 21.1. The molecule has 186 valence electrons. The maximum atomic E-state index is 13.5. The fourth-order valence-corrected chi connectivity index (χ4v) is 4.61. The van der Waals surface area contributed by atoms with Crippen LogP contribution in [-0.4, -0.2) is 42.1 Å². The van der Waals surface area contributed by atoms with Gasteiger partial charge in [0.1, 0.15) is 11.6 Å². The number of allylic oxidation sites excluding steroid dienone is 1. The Bertz CT molecular complexity index is 1370. The lowest BCUT2D eigenvalue weighted by atomic mass is 10.0. The first kappa shape index (κ1) is 25.0. The largest absolute Gasteiger partial charge is 0.497 e. The maximum absolute atomic E-state index is 13.5. The van der Waals surface area contributed by atoms with Crippen LogP contribution < -0.4 is 4.74 Å². The number of ether oxygens (including phenoxy) is 2.